The zero-order valence-corrected chi connectivity index (χ0v) is 22.4. The molecule has 5 rings (SSSR count). The van der Waals surface area contributed by atoms with Crippen LogP contribution in [-0.4, -0.2) is 36.1 Å². The lowest BCUT2D eigenvalue weighted by Crippen LogP contribution is -2.50. The summed E-state index contributed by atoms with van der Waals surface area (Å²) < 4.78 is 0. The van der Waals surface area contributed by atoms with E-state index < -0.39 is 18.1 Å². The first-order valence-corrected chi connectivity index (χ1v) is 13.2. The van der Waals surface area contributed by atoms with Crippen molar-refractivity contribution in [2.24, 2.45) is 4.99 Å². The number of aliphatic imine (C=N–C) groups is 1. The van der Waals surface area contributed by atoms with Crippen LogP contribution in [0.4, 0.5) is 16.2 Å². The minimum atomic E-state index is -1.26. The highest BCUT2D eigenvalue weighted by Crippen LogP contribution is 2.29. The molecule has 1 aliphatic heterocycles. The summed E-state index contributed by atoms with van der Waals surface area (Å²) in [6.45, 7) is 3.70. The molecule has 4 aromatic carbocycles. The maximum absolute atomic E-state index is 14.0. The number of anilines is 2. The van der Waals surface area contributed by atoms with Crippen LogP contribution in [0, 0.1) is 6.92 Å². The molecule has 4 aromatic rings. The lowest BCUT2D eigenvalue weighted by molar-refractivity contribution is -0.120. The molecule has 1 heterocycles. The number of para-hydroxylation sites is 1. The number of amides is 3. The van der Waals surface area contributed by atoms with Gasteiger partial charge in [-0.05, 0) is 42.7 Å². The Kier molecular flexibility index (Phi) is 7.82. The third-order valence-electron chi connectivity index (χ3n) is 6.86. The van der Waals surface area contributed by atoms with Crippen LogP contribution >= 0.6 is 0 Å². The standard InChI is InChI=1S/C33H30N4O3/c1-3-23-13-11-16-25(20-23)34-33(40)36-31-32(39)37(21-29(38)26-17-8-7-12-22(26)2)28-19-10-9-18-27(28)30(35-31)24-14-5-4-6-15-24/h4-20,31H,3,21H2,1-2H3,(H2,34,36,40)/t31-/m0/s1. The van der Waals surface area contributed by atoms with Crippen LogP contribution in [0.25, 0.3) is 0 Å². The van der Waals surface area contributed by atoms with E-state index in [0.29, 0.717) is 28.2 Å². The van der Waals surface area contributed by atoms with Crippen molar-refractivity contribution in [3.05, 3.63) is 131 Å². The van der Waals surface area contributed by atoms with Gasteiger partial charge in [0.05, 0.1) is 17.9 Å². The number of nitrogens with one attached hydrogen (secondary N) is 2. The van der Waals surface area contributed by atoms with Gasteiger partial charge in [0.25, 0.3) is 5.91 Å². The molecule has 200 valence electrons. The van der Waals surface area contributed by atoms with Crippen LogP contribution < -0.4 is 15.5 Å². The Morgan fingerprint density at radius 3 is 2.38 bits per heavy atom. The van der Waals surface area contributed by atoms with E-state index in [4.69, 9.17) is 4.99 Å². The summed E-state index contributed by atoms with van der Waals surface area (Å²) in [5, 5.41) is 5.56. The molecule has 0 bridgehead atoms. The lowest BCUT2D eigenvalue weighted by atomic mass is 9.99. The monoisotopic (exact) mass is 530 g/mol. The third-order valence-corrected chi connectivity index (χ3v) is 6.86. The van der Waals surface area contributed by atoms with E-state index in [1.54, 1.807) is 24.3 Å². The molecule has 7 nitrogen and oxygen atoms in total. The average molecular weight is 531 g/mol. The first-order chi connectivity index (χ1) is 19.4. The second kappa shape index (κ2) is 11.8. The first-order valence-electron chi connectivity index (χ1n) is 13.2. The molecule has 1 atom stereocenters. The Bertz CT molecular complexity index is 1600. The zero-order valence-electron chi connectivity index (χ0n) is 22.4. The van der Waals surface area contributed by atoms with Crippen LogP contribution in [-0.2, 0) is 11.2 Å². The summed E-state index contributed by atoms with van der Waals surface area (Å²) in [6, 6.07) is 31.1. The summed E-state index contributed by atoms with van der Waals surface area (Å²) >= 11 is 0. The van der Waals surface area contributed by atoms with Gasteiger partial charge < -0.3 is 15.5 Å². The topological polar surface area (TPSA) is 90.9 Å². The second-order valence-electron chi connectivity index (χ2n) is 9.58. The van der Waals surface area contributed by atoms with Gasteiger partial charge >= 0.3 is 6.03 Å². The van der Waals surface area contributed by atoms with Gasteiger partial charge in [-0.1, -0.05) is 91.9 Å². The normalized spacial score (nSPS) is 14.6. The van der Waals surface area contributed by atoms with Crippen molar-refractivity contribution in [1.82, 2.24) is 5.32 Å². The molecule has 0 saturated heterocycles. The molecule has 0 aliphatic carbocycles. The number of carbonyl (C=O) groups is 3. The number of rotatable bonds is 7. The fourth-order valence-corrected chi connectivity index (χ4v) is 4.79. The average Bonchev–Trinajstić information content (AvgIpc) is 3.08. The molecular weight excluding hydrogens is 500 g/mol. The van der Waals surface area contributed by atoms with E-state index in [0.717, 1.165) is 23.1 Å². The molecule has 0 unspecified atom stereocenters. The van der Waals surface area contributed by atoms with Crippen molar-refractivity contribution in [2.75, 3.05) is 16.8 Å². The van der Waals surface area contributed by atoms with Gasteiger partial charge in [-0.2, -0.15) is 0 Å². The van der Waals surface area contributed by atoms with Gasteiger partial charge in [0.2, 0.25) is 6.17 Å². The molecule has 0 spiro atoms. The van der Waals surface area contributed by atoms with Crippen molar-refractivity contribution < 1.29 is 14.4 Å². The fraction of sp³-hybridized carbons (Fsp3) is 0.152. The van der Waals surface area contributed by atoms with Crippen LogP contribution in [0.2, 0.25) is 0 Å². The highest BCUT2D eigenvalue weighted by Gasteiger charge is 2.34. The van der Waals surface area contributed by atoms with Crippen molar-refractivity contribution in [2.45, 2.75) is 26.4 Å². The van der Waals surface area contributed by atoms with Gasteiger partial charge in [-0.3, -0.25) is 9.59 Å². The molecule has 1 aliphatic rings. The van der Waals surface area contributed by atoms with Gasteiger partial charge in [-0.15, -0.1) is 0 Å². The SMILES string of the molecule is CCc1cccc(NC(=O)N[C@@H]2N=C(c3ccccc3)c3ccccc3N(CC(=O)c3ccccc3C)C2=O)c1. The Morgan fingerprint density at radius 1 is 0.875 bits per heavy atom. The predicted octanol–water partition coefficient (Wildman–Crippen LogP) is 5.77. The highest BCUT2D eigenvalue weighted by atomic mass is 16.2. The van der Waals surface area contributed by atoms with Gasteiger partial charge in [0.15, 0.2) is 5.78 Å². The summed E-state index contributed by atoms with van der Waals surface area (Å²) in [4.78, 5) is 46.8. The molecule has 0 fully saturated rings. The van der Waals surface area contributed by atoms with Crippen molar-refractivity contribution in [3.63, 3.8) is 0 Å². The minimum Gasteiger partial charge on any atom is -0.308 e. The molecule has 7 heteroatoms. The summed E-state index contributed by atoms with van der Waals surface area (Å²) in [6.07, 6.45) is -0.438. The van der Waals surface area contributed by atoms with Crippen molar-refractivity contribution in [1.29, 1.82) is 0 Å². The Balaban J connectivity index is 1.53. The van der Waals surface area contributed by atoms with E-state index in [2.05, 4.69) is 10.6 Å². The molecular formula is C33H30N4O3. The second-order valence-corrected chi connectivity index (χ2v) is 9.58. The van der Waals surface area contributed by atoms with Crippen LogP contribution in [0.5, 0.6) is 0 Å². The maximum Gasteiger partial charge on any atom is 0.321 e. The minimum absolute atomic E-state index is 0.198. The maximum atomic E-state index is 14.0. The van der Waals surface area contributed by atoms with E-state index >= 15 is 0 Å². The predicted molar refractivity (Wildman–Crippen MR) is 158 cm³/mol. The number of Topliss-reactive ketones (excluding diaryl/α,β-unsaturated/α-hetero) is 1. The molecule has 3 amide bonds. The number of hydrogen-bond donors (Lipinski definition) is 2. The third kappa shape index (κ3) is 5.68. The fourth-order valence-electron chi connectivity index (χ4n) is 4.79. The van der Waals surface area contributed by atoms with Crippen LogP contribution in [0.3, 0.4) is 0 Å². The highest BCUT2D eigenvalue weighted by molar-refractivity contribution is 6.21. The van der Waals surface area contributed by atoms with Crippen LogP contribution in [0.1, 0.15) is 39.5 Å². The number of ketones is 1. The van der Waals surface area contributed by atoms with Crippen molar-refractivity contribution >= 4 is 34.8 Å². The number of nitrogens with zero attached hydrogens (tertiary/aromatic N) is 2. The largest absolute Gasteiger partial charge is 0.321 e. The van der Waals surface area contributed by atoms with E-state index in [1.807, 2.05) is 92.7 Å². The van der Waals surface area contributed by atoms with E-state index in [-0.39, 0.29) is 12.3 Å². The smallest absolute Gasteiger partial charge is 0.308 e. The molecule has 40 heavy (non-hydrogen) atoms. The number of hydrogen-bond acceptors (Lipinski definition) is 4. The molecule has 0 radical (unpaired) electrons. The Labute approximate surface area is 233 Å². The number of urea groups is 1. The summed E-state index contributed by atoms with van der Waals surface area (Å²) in [5.41, 5.74) is 5.64. The lowest BCUT2D eigenvalue weighted by Gasteiger charge is -2.25. The molecule has 0 aromatic heterocycles. The number of aryl methyl sites for hydroxylation is 2. The first kappa shape index (κ1) is 26.6. The quantitative estimate of drug-likeness (QED) is 0.297. The van der Waals surface area contributed by atoms with Gasteiger partial charge in [-0.25, -0.2) is 9.79 Å². The van der Waals surface area contributed by atoms with Gasteiger partial charge in [0.1, 0.15) is 0 Å². The van der Waals surface area contributed by atoms with E-state index in [1.165, 1.54) is 4.90 Å². The number of benzene rings is 4. The molecule has 2 N–H and O–H groups in total. The van der Waals surface area contributed by atoms with E-state index in [9.17, 15) is 14.4 Å². The number of fused-ring (bicyclic) bond motifs is 1. The number of carbonyl (C=O) groups excluding carboxylic acids is 3. The number of benzodiazepines with no additional fused rings is 1. The Hall–Kier alpha value is -5.04. The van der Waals surface area contributed by atoms with Crippen molar-refractivity contribution in [3.8, 4) is 0 Å². The van der Waals surface area contributed by atoms with Crippen LogP contribution in [0.15, 0.2) is 108 Å². The summed E-state index contributed by atoms with van der Waals surface area (Å²) in [7, 11) is 0. The molecule has 0 saturated carbocycles. The van der Waals surface area contributed by atoms with Gasteiger partial charge in [0, 0.05) is 22.4 Å². The summed E-state index contributed by atoms with van der Waals surface area (Å²) in [5.74, 6) is -0.707. The zero-order chi connectivity index (χ0) is 28.1. The Morgan fingerprint density at radius 2 is 1.60 bits per heavy atom.